The molecule has 2 heterocycles. The first-order valence-corrected chi connectivity index (χ1v) is 16.5. The highest BCUT2D eigenvalue weighted by atomic mass is 32.2. The molecule has 0 saturated heterocycles. The number of hydrogen-bond donors (Lipinski definition) is 4. The molecule has 0 aromatic carbocycles. The SMILES string of the molecule is CC(C)(C)OC(=O)N[C@@](C)(CSC(=O)[C@]1(C)CSC([C@](C)(CS)NC(=O)OC(C)(C)C)=N1)C1=N[C@](C)(C(=O)O)CS1. The van der Waals surface area contributed by atoms with Gasteiger partial charge in [0.1, 0.15) is 16.7 Å². The van der Waals surface area contributed by atoms with Gasteiger partial charge in [0.15, 0.2) is 5.54 Å². The number of ether oxygens (including phenoxy) is 2. The van der Waals surface area contributed by atoms with Crippen LogP contribution in [0.3, 0.4) is 0 Å². The third-order valence-corrected chi connectivity index (χ3v) is 11.0. The minimum Gasteiger partial charge on any atom is -0.479 e. The van der Waals surface area contributed by atoms with E-state index in [1.807, 2.05) is 0 Å². The second kappa shape index (κ2) is 12.6. The third kappa shape index (κ3) is 9.45. The fourth-order valence-corrected chi connectivity index (χ4v) is 7.72. The predicted octanol–water partition coefficient (Wildman–Crippen LogP) is 4.64. The Hall–Kier alpha value is -1.58. The molecule has 4 atom stereocenters. The van der Waals surface area contributed by atoms with Gasteiger partial charge >= 0.3 is 18.2 Å². The van der Waals surface area contributed by atoms with Gasteiger partial charge in [-0.15, -0.1) is 23.5 Å². The minimum atomic E-state index is -1.35. The van der Waals surface area contributed by atoms with E-state index in [0.717, 1.165) is 11.8 Å². The highest BCUT2D eigenvalue weighted by Gasteiger charge is 2.48. The molecule has 2 amide bonds. The van der Waals surface area contributed by atoms with Crippen molar-refractivity contribution in [2.24, 2.45) is 9.98 Å². The van der Waals surface area contributed by atoms with Crippen molar-refractivity contribution in [1.29, 1.82) is 0 Å². The maximum atomic E-state index is 13.6. The quantitative estimate of drug-likeness (QED) is 0.260. The van der Waals surface area contributed by atoms with E-state index in [2.05, 4.69) is 28.3 Å². The minimum absolute atomic E-state index is 0.0672. The molecule has 0 radical (unpaired) electrons. The Morgan fingerprint density at radius 3 is 1.68 bits per heavy atom. The summed E-state index contributed by atoms with van der Waals surface area (Å²) in [5.74, 6) is -0.245. The van der Waals surface area contributed by atoms with E-state index in [-0.39, 0.29) is 22.4 Å². The van der Waals surface area contributed by atoms with Gasteiger partial charge < -0.3 is 25.2 Å². The molecule has 15 heteroatoms. The van der Waals surface area contributed by atoms with Crippen molar-refractivity contribution in [2.45, 2.75) is 103 Å². The molecule has 0 spiro atoms. The number of carbonyl (C=O) groups excluding carboxylic acids is 3. The first-order chi connectivity index (χ1) is 18.5. The fraction of sp³-hybridized carbons (Fsp3) is 0.769. The Balaban J connectivity index is 2.27. The standard InChI is InChI=1S/C26H42N4O7S4/c1-21(2,3)36-19(34)29-23(7,11-38)15-28-26(10,14-40-15)18(33)41-12-24(8,30-20(35)37-22(4,5)6)16-27-25(9,13-39-16)17(31)32/h38H,11-14H2,1-10H3,(H,29,34)(H,30,35)(H,31,32)/t23-,24-,25-,26-/m0/s1. The predicted molar refractivity (Wildman–Crippen MR) is 171 cm³/mol. The van der Waals surface area contributed by atoms with Crippen LogP contribution in [0.15, 0.2) is 9.98 Å². The van der Waals surface area contributed by atoms with Crippen LogP contribution in [0.25, 0.3) is 0 Å². The molecule has 232 valence electrons. The Labute approximate surface area is 260 Å². The molecule has 2 aliphatic heterocycles. The lowest BCUT2D eigenvalue weighted by molar-refractivity contribution is -0.141. The van der Waals surface area contributed by atoms with Crippen LogP contribution in [-0.4, -0.2) is 94.8 Å². The van der Waals surface area contributed by atoms with E-state index in [0.29, 0.717) is 15.8 Å². The summed E-state index contributed by atoms with van der Waals surface area (Å²) in [6, 6.07) is 0. The number of nitrogens with one attached hydrogen (secondary N) is 2. The molecular weight excluding hydrogens is 609 g/mol. The van der Waals surface area contributed by atoms with E-state index in [9.17, 15) is 24.3 Å². The molecule has 2 aliphatic rings. The van der Waals surface area contributed by atoms with Crippen molar-refractivity contribution >= 4 is 81.3 Å². The zero-order valence-electron chi connectivity index (χ0n) is 25.3. The number of aliphatic imine (C=N–C) groups is 2. The summed E-state index contributed by atoms with van der Waals surface area (Å²) in [5.41, 5.74) is -6.05. The molecule has 0 saturated carbocycles. The Kier molecular flexibility index (Phi) is 10.9. The molecule has 0 aliphatic carbocycles. The lowest BCUT2D eigenvalue weighted by Crippen LogP contribution is -2.54. The van der Waals surface area contributed by atoms with Crippen molar-refractivity contribution < 1.29 is 33.8 Å². The first kappa shape index (κ1) is 35.6. The molecule has 3 N–H and O–H groups in total. The largest absolute Gasteiger partial charge is 0.479 e. The molecule has 11 nitrogen and oxygen atoms in total. The van der Waals surface area contributed by atoms with Gasteiger partial charge in [0.05, 0.1) is 21.2 Å². The lowest BCUT2D eigenvalue weighted by Gasteiger charge is -2.32. The molecule has 0 fully saturated rings. The van der Waals surface area contributed by atoms with Crippen molar-refractivity contribution in [3.05, 3.63) is 0 Å². The van der Waals surface area contributed by atoms with Gasteiger partial charge in [-0.3, -0.25) is 14.8 Å². The van der Waals surface area contributed by atoms with E-state index in [1.165, 1.54) is 30.4 Å². The normalized spacial score (nSPS) is 25.7. The second-order valence-electron chi connectivity index (χ2n) is 12.9. The Morgan fingerprint density at radius 2 is 1.27 bits per heavy atom. The van der Waals surface area contributed by atoms with Gasteiger partial charge in [-0.05, 0) is 69.2 Å². The highest BCUT2D eigenvalue weighted by molar-refractivity contribution is 8.16. The highest BCUT2D eigenvalue weighted by Crippen LogP contribution is 2.39. The summed E-state index contributed by atoms with van der Waals surface area (Å²) in [7, 11) is 0. The summed E-state index contributed by atoms with van der Waals surface area (Å²) in [5, 5.41) is 16.0. The van der Waals surface area contributed by atoms with E-state index < -0.39 is 51.5 Å². The average molecular weight is 651 g/mol. The number of hydrogen-bond acceptors (Lipinski definition) is 12. The maximum absolute atomic E-state index is 13.6. The molecule has 41 heavy (non-hydrogen) atoms. The van der Waals surface area contributed by atoms with Crippen LogP contribution in [0.4, 0.5) is 9.59 Å². The molecular formula is C26H42N4O7S4. The Morgan fingerprint density at radius 1 is 0.854 bits per heavy atom. The van der Waals surface area contributed by atoms with Crippen molar-refractivity contribution in [3.63, 3.8) is 0 Å². The fourth-order valence-electron chi connectivity index (χ4n) is 3.51. The van der Waals surface area contributed by atoms with Crippen LogP contribution in [0.1, 0.15) is 69.2 Å². The summed E-state index contributed by atoms with van der Waals surface area (Å²) >= 11 is 7.99. The van der Waals surface area contributed by atoms with Crippen LogP contribution in [0, 0.1) is 0 Å². The monoisotopic (exact) mass is 650 g/mol. The number of aliphatic carboxylic acids is 1. The zero-order valence-corrected chi connectivity index (χ0v) is 28.6. The lowest BCUT2D eigenvalue weighted by atomic mass is 10.0. The summed E-state index contributed by atoms with van der Waals surface area (Å²) in [6.07, 6.45) is -1.32. The number of carbonyl (C=O) groups is 4. The summed E-state index contributed by atoms with van der Waals surface area (Å²) < 4.78 is 10.8. The van der Waals surface area contributed by atoms with E-state index in [4.69, 9.17) is 14.5 Å². The van der Waals surface area contributed by atoms with Gasteiger partial charge in [0, 0.05) is 23.0 Å². The van der Waals surface area contributed by atoms with Gasteiger partial charge in [-0.2, -0.15) is 12.6 Å². The zero-order chi connectivity index (χ0) is 31.7. The number of amides is 2. The van der Waals surface area contributed by atoms with Gasteiger partial charge in [-0.25, -0.2) is 14.4 Å². The van der Waals surface area contributed by atoms with E-state index in [1.54, 1.807) is 62.3 Å². The van der Waals surface area contributed by atoms with Gasteiger partial charge in [0.25, 0.3) is 0 Å². The van der Waals surface area contributed by atoms with Gasteiger partial charge in [0.2, 0.25) is 5.12 Å². The smallest absolute Gasteiger partial charge is 0.408 e. The number of carboxylic acid groups (broad SMARTS) is 1. The van der Waals surface area contributed by atoms with Gasteiger partial charge in [-0.1, -0.05) is 11.8 Å². The molecule has 0 unspecified atom stereocenters. The van der Waals surface area contributed by atoms with Crippen LogP contribution < -0.4 is 10.6 Å². The van der Waals surface area contributed by atoms with Crippen molar-refractivity contribution in [2.75, 3.05) is 23.0 Å². The second-order valence-corrected chi connectivity index (χ2v) is 16.1. The number of thiol groups is 1. The average Bonchev–Trinajstić information content (AvgIpc) is 3.40. The summed E-state index contributed by atoms with van der Waals surface area (Å²) in [4.78, 5) is 59.8. The number of carboxylic acids is 1. The molecule has 0 aromatic heterocycles. The number of rotatable bonds is 9. The van der Waals surface area contributed by atoms with Crippen LogP contribution >= 0.6 is 47.9 Å². The molecule has 2 rings (SSSR count). The topological polar surface area (TPSA) is 156 Å². The van der Waals surface area contributed by atoms with Crippen LogP contribution in [0.2, 0.25) is 0 Å². The van der Waals surface area contributed by atoms with Crippen LogP contribution in [-0.2, 0) is 19.1 Å². The van der Waals surface area contributed by atoms with Crippen molar-refractivity contribution in [3.8, 4) is 0 Å². The number of nitrogens with zero attached hydrogens (tertiary/aromatic N) is 2. The Bertz CT molecular complexity index is 1140. The molecule has 0 bridgehead atoms. The number of thioether (sulfide) groups is 3. The molecule has 0 aromatic rings. The first-order valence-electron chi connectivity index (χ1n) is 13.0. The summed E-state index contributed by atoms with van der Waals surface area (Å²) in [6.45, 7) is 17.2. The van der Waals surface area contributed by atoms with E-state index >= 15 is 0 Å². The number of alkyl carbamates (subject to hydrolysis) is 2. The maximum Gasteiger partial charge on any atom is 0.408 e. The third-order valence-electron chi connectivity index (χ3n) is 5.88. The van der Waals surface area contributed by atoms with Crippen molar-refractivity contribution in [1.82, 2.24) is 10.6 Å². The van der Waals surface area contributed by atoms with Crippen LogP contribution in [0.5, 0.6) is 0 Å².